The minimum atomic E-state index is -0.616. The number of phenolic OH excluding ortho intramolecular Hbond substituents is 1. The van der Waals surface area contributed by atoms with Crippen LogP contribution in [0.3, 0.4) is 0 Å². The molecule has 0 aliphatic rings. The molecule has 0 saturated heterocycles. The van der Waals surface area contributed by atoms with Gasteiger partial charge in [-0.2, -0.15) is 0 Å². The first-order valence-electron chi connectivity index (χ1n) is 9.51. The monoisotopic (exact) mass is 423 g/mol. The highest BCUT2D eigenvalue weighted by Crippen LogP contribution is 2.37. The Balaban J connectivity index is 1.83. The van der Waals surface area contributed by atoms with E-state index in [0.29, 0.717) is 28.3 Å². The molecular formula is C24H22FNO5. The van der Waals surface area contributed by atoms with Crippen LogP contribution in [0.15, 0.2) is 54.6 Å². The van der Waals surface area contributed by atoms with Gasteiger partial charge in [-0.25, -0.2) is 4.39 Å². The summed E-state index contributed by atoms with van der Waals surface area (Å²) in [6.07, 6.45) is -0.369. The summed E-state index contributed by atoms with van der Waals surface area (Å²) in [6, 6.07) is 14.1. The number of hydrogen-bond acceptors (Lipinski definition) is 5. The van der Waals surface area contributed by atoms with Gasteiger partial charge in [-0.3, -0.25) is 9.59 Å². The topological polar surface area (TPSA) is 84.9 Å². The average Bonchev–Trinajstić information content (AvgIpc) is 2.72. The van der Waals surface area contributed by atoms with Crippen molar-refractivity contribution in [3.05, 3.63) is 71.5 Å². The van der Waals surface area contributed by atoms with Crippen molar-refractivity contribution in [2.75, 3.05) is 12.4 Å². The van der Waals surface area contributed by atoms with E-state index in [2.05, 4.69) is 10.1 Å². The van der Waals surface area contributed by atoms with Gasteiger partial charge < -0.3 is 19.9 Å². The summed E-state index contributed by atoms with van der Waals surface area (Å²) in [4.78, 5) is 23.1. The molecule has 0 atom stereocenters. The maximum absolute atomic E-state index is 13.2. The Morgan fingerprint density at radius 2 is 1.65 bits per heavy atom. The van der Waals surface area contributed by atoms with Gasteiger partial charge in [0.25, 0.3) is 0 Å². The number of phenols is 1. The minimum absolute atomic E-state index is 0.0519. The quantitative estimate of drug-likeness (QED) is 0.425. The van der Waals surface area contributed by atoms with Gasteiger partial charge in [0.1, 0.15) is 29.5 Å². The zero-order valence-corrected chi connectivity index (χ0v) is 17.4. The van der Waals surface area contributed by atoms with Crippen molar-refractivity contribution in [3.63, 3.8) is 0 Å². The van der Waals surface area contributed by atoms with Gasteiger partial charge in [0, 0.05) is 11.3 Å². The second-order valence-electron chi connectivity index (χ2n) is 7.03. The molecule has 0 radical (unpaired) electrons. The van der Waals surface area contributed by atoms with Crippen molar-refractivity contribution in [2.24, 2.45) is 0 Å². The van der Waals surface area contributed by atoms with Crippen LogP contribution in [0.1, 0.15) is 17.5 Å². The zero-order chi connectivity index (χ0) is 22.5. The van der Waals surface area contributed by atoms with Crippen molar-refractivity contribution in [2.45, 2.75) is 20.3 Å². The fraction of sp³-hybridized carbons (Fsp3) is 0.167. The predicted molar refractivity (Wildman–Crippen MR) is 115 cm³/mol. The van der Waals surface area contributed by atoms with Crippen LogP contribution in [0.5, 0.6) is 17.2 Å². The van der Waals surface area contributed by atoms with Crippen molar-refractivity contribution in [1.82, 2.24) is 0 Å². The second kappa shape index (κ2) is 9.30. The molecular weight excluding hydrogens is 401 g/mol. The number of carbonyl (C=O) groups excluding carboxylic acids is 2. The van der Waals surface area contributed by atoms with Crippen molar-refractivity contribution < 1.29 is 28.6 Å². The molecule has 1 amide bonds. The third-order valence-corrected chi connectivity index (χ3v) is 4.62. The summed E-state index contributed by atoms with van der Waals surface area (Å²) in [6.45, 7) is 3.67. The molecule has 6 nitrogen and oxygen atoms in total. The summed E-state index contributed by atoms with van der Waals surface area (Å²) >= 11 is 0. The highest BCUT2D eigenvalue weighted by atomic mass is 19.1. The van der Waals surface area contributed by atoms with Crippen molar-refractivity contribution in [1.29, 1.82) is 0 Å². The van der Waals surface area contributed by atoms with E-state index in [0.717, 1.165) is 11.1 Å². The molecule has 0 aromatic heterocycles. The second-order valence-corrected chi connectivity index (χ2v) is 7.03. The third-order valence-electron chi connectivity index (χ3n) is 4.62. The van der Waals surface area contributed by atoms with Crippen LogP contribution in [0.2, 0.25) is 0 Å². The minimum Gasteiger partial charge on any atom is -0.507 e. The highest BCUT2D eigenvalue weighted by Gasteiger charge is 2.14. The number of aromatic hydroxyl groups is 1. The number of hydrogen-bond donors (Lipinski definition) is 2. The van der Waals surface area contributed by atoms with E-state index in [9.17, 15) is 19.1 Å². The molecule has 31 heavy (non-hydrogen) atoms. The van der Waals surface area contributed by atoms with Gasteiger partial charge >= 0.3 is 5.97 Å². The summed E-state index contributed by atoms with van der Waals surface area (Å²) in [5.41, 5.74) is 3.24. The van der Waals surface area contributed by atoms with Gasteiger partial charge in [-0.1, -0.05) is 12.1 Å². The summed E-state index contributed by atoms with van der Waals surface area (Å²) in [5.74, 6) is -0.304. The molecule has 0 heterocycles. The lowest BCUT2D eigenvalue weighted by Crippen LogP contribution is -2.17. The third kappa shape index (κ3) is 5.39. The number of ether oxygens (including phenoxy) is 2. The molecule has 0 fully saturated rings. The molecule has 0 aliphatic heterocycles. The maximum atomic E-state index is 13.2. The number of amides is 1. The highest BCUT2D eigenvalue weighted by molar-refractivity contribution is 6.02. The average molecular weight is 423 g/mol. The smallest absolute Gasteiger partial charge is 0.315 e. The lowest BCUT2D eigenvalue weighted by molar-refractivity contribution is -0.142. The Morgan fingerprint density at radius 3 is 2.26 bits per heavy atom. The number of anilines is 1. The van der Waals surface area contributed by atoms with E-state index in [1.165, 1.54) is 25.3 Å². The molecule has 0 unspecified atom stereocenters. The fourth-order valence-corrected chi connectivity index (χ4v) is 3.15. The molecule has 0 spiro atoms. The molecule has 3 aromatic carbocycles. The Kier molecular flexibility index (Phi) is 6.55. The number of benzene rings is 3. The van der Waals surface area contributed by atoms with Crippen LogP contribution in [0.25, 0.3) is 11.1 Å². The molecule has 0 aliphatic carbocycles. The standard InChI is InChI=1S/C24H22FNO5/c1-14-10-18(26-22(28)13-23(29)30-3)11-15(2)24(14)31-19-8-9-21(27)20(12-19)16-4-6-17(25)7-5-16/h4-12,27H,13H2,1-3H3,(H,26,28). The van der Waals surface area contributed by atoms with E-state index < -0.39 is 11.9 Å². The van der Waals surface area contributed by atoms with Crippen LogP contribution < -0.4 is 10.1 Å². The van der Waals surface area contributed by atoms with E-state index >= 15 is 0 Å². The van der Waals surface area contributed by atoms with Gasteiger partial charge in [0.15, 0.2) is 0 Å². The predicted octanol–water partition coefficient (Wildman–Crippen LogP) is 5.11. The lowest BCUT2D eigenvalue weighted by atomic mass is 10.0. The number of esters is 1. The van der Waals surface area contributed by atoms with Gasteiger partial charge in [-0.05, 0) is 73.0 Å². The van der Waals surface area contributed by atoms with Gasteiger partial charge in [0.2, 0.25) is 5.91 Å². The first-order valence-corrected chi connectivity index (χ1v) is 9.51. The van der Waals surface area contributed by atoms with Crippen molar-refractivity contribution >= 4 is 17.6 Å². The van der Waals surface area contributed by atoms with Crippen LogP contribution >= 0.6 is 0 Å². The Bertz CT molecular complexity index is 1100. The Labute approximate surface area is 179 Å². The number of halogens is 1. The largest absolute Gasteiger partial charge is 0.507 e. The Morgan fingerprint density at radius 1 is 1.00 bits per heavy atom. The van der Waals surface area contributed by atoms with E-state index in [1.54, 1.807) is 36.4 Å². The summed E-state index contributed by atoms with van der Waals surface area (Å²) < 4.78 is 23.8. The number of aryl methyl sites for hydroxylation is 2. The summed E-state index contributed by atoms with van der Waals surface area (Å²) in [7, 11) is 1.22. The molecule has 0 saturated carbocycles. The van der Waals surface area contributed by atoms with Gasteiger partial charge in [-0.15, -0.1) is 0 Å². The van der Waals surface area contributed by atoms with Crippen LogP contribution in [0, 0.1) is 19.7 Å². The van der Waals surface area contributed by atoms with Crippen LogP contribution in [-0.2, 0) is 14.3 Å². The first-order chi connectivity index (χ1) is 14.8. The number of carbonyl (C=O) groups is 2. The first kappa shape index (κ1) is 21.8. The maximum Gasteiger partial charge on any atom is 0.315 e. The molecule has 3 rings (SSSR count). The van der Waals surface area contributed by atoms with E-state index in [4.69, 9.17) is 4.74 Å². The number of methoxy groups -OCH3 is 1. The Hall–Kier alpha value is -3.87. The number of rotatable bonds is 6. The molecule has 2 N–H and O–H groups in total. The van der Waals surface area contributed by atoms with E-state index in [-0.39, 0.29) is 18.0 Å². The SMILES string of the molecule is COC(=O)CC(=O)Nc1cc(C)c(Oc2ccc(O)c(-c3ccc(F)cc3)c2)c(C)c1. The van der Waals surface area contributed by atoms with Crippen molar-refractivity contribution in [3.8, 4) is 28.4 Å². The molecule has 7 heteroatoms. The van der Waals surface area contributed by atoms with E-state index in [1.807, 2.05) is 13.8 Å². The lowest BCUT2D eigenvalue weighted by Gasteiger charge is -2.15. The summed E-state index contributed by atoms with van der Waals surface area (Å²) in [5, 5.41) is 12.9. The normalized spacial score (nSPS) is 10.5. The number of nitrogens with one attached hydrogen (secondary N) is 1. The fourth-order valence-electron chi connectivity index (χ4n) is 3.15. The van der Waals surface area contributed by atoms with Gasteiger partial charge in [0.05, 0.1) is 7.11 Å². The molecule has 160 valence electrons. The molecule has 3 aromatic rings. The molecule has 0 bridgehead atoms. The van der Waals surface area contributed by atoms with Crippen LogP contribution in [-0.4, -0.2) is 24.1 Å². The van der Waals surface area contributed by atoms with Crippen LogP contribution in [0.4, 0.5) is 10.1 Å². The zero-order valence-electron chi connectivity index (χ0n) is 17.4.